The molecule has 0 aromatic carbocycles. The second kappa shape index (κ2) is 3.72. The van der Waals surface area contributed by atoms with E-state index < -0.39 is 0 Å². The second-order valence-electron chi connectivity index (χ2n) is 2.39. The van der Waals surface area contributed by atoms with Crippen LogP contribution >= 0.6 is 11.3 Å². The van der Waals surface area contributed by atoms with Crippen LogP contribution in [0.2, 0.25) is 0 Å². The van der Waals surface area contributed by atoms with E-state index in [4.69, 9.17) is 0 Å². The van der Waals surface area contributed by atoms with Gasteiger partial charge in [-0.2, -0.15) is 0 Å². The number of rotatable bonds is 0. The Kier molecular flexibility index (Phi) is 2.87. The van der Waals surface area contributed by atoms with Crippen LogP contribution in [0, 0.1) is 6.92 Å². The second-order valence-corrected chi connectivity index (χ2v) is 3.65. The third-order valence-electron chi connectivity index (χ3n) is 1.58. The van der Waals surface area contributed by atoms with Crippen molar-refractivity contribution in [2.45, 2.75) is 27.3 Å². The third kappa shape index (κ3) is 1.50. The maximum atomic E-state index is 11.0. The van der Waals surface area contributed by atoms with Gasteiger partial charge in [-0.3, -0.25) is 4.79 Å². The van der Waals surface area contributed by atoms with Gasteiger partial charge in [0.05, 0.1) is 4.88 Å². The zero-order valence-corrected chi connectivity index (χ0v) is 8.42. The molecule has 3 heteroatoms. The van der Waals surface area contributed by atoms with Gasteiger partial charge in [-0.05, 0) is 18.6 Å². The molecule has 0 saturated heterocycles. The monoisotopic (exact) mass is 183 g/mol. The Labute approximate surface area is 76.6 Å². The van der Waals surface area contributed by atoms with Gasteiger partial charge in [-0.15, -0.1) is 11.3 Å². The molecule has 1 aromatic heterocycles. The molecular formula is C9H13NOS. The van der Waals surface area contributed by atoms with Crippen molar-refractivity contribution in [3.63, 3.8) is 0 Å². The first-order chi connectivity index (χ1) is 5.77. The van der Waals surface area contributed by atoms with E-state index in [1.54, 1.807) is 11.3 Å². The Morgan fingerprint density at radius 1 is 1.50 bits per heavy atom. The van der Waals surface area contributed by atoms with Gasteiger partial charge in [0, 0.05) is 11.4 Å². The summed E-state index contributed by atoms with van der Waals surface area (Å²) in [6.45, 7) is 6.74. The van der Waals surface area contributed by atoms with E-state index >= 15 is 0 Å². The number of carbonyl (C=O) groups excluding carboxylic acids is 1. The molecule has 2 rings (SSSR count). The molecule has 0 fully saturated rings. The average Bonchev–Trinajstić information content (AvgIpc) is 2.58. The summed E-state index contributed by atoms with van der Waals surface area (Å²) in [5, 5.41) is 2.76. The molecule has 1 aromatic rings. The summed E-state index contributed by atoms with van der Waals surface area (Å²) in [5.41, 5.74) is 1.16. The molecule has 1 aliphatic heterocycles. The van der Waals surface area contributed by atoms with E-state index in [0.29, 0.717) is 0 Å². The Balaban J connectivity index is 0.000000336. The number of thiophene rings is 1. The highest BCUT2D eigenvalue weighted by Crippen LogP contribution is 2.25. The van der Waals surface area contributed by atoms with Gasteiger partial charge < -0.3 is 5.32 Å². The van der Waals surface area contributed by atoms with Gasteiger partial charge in [-0.25, -0.2) is 0 Å². The summed E-state index contributed by atoms with van der Waals surface area (Å²) in [4.78, 5) is 13.1. The third-order valence-corrected chi connectivity index (χ3v) is 2.67. The number of hydrogen-bond donors (Lipinski definition) is 1. The fraction of sp³-hybridized carbons (Fsp3) is 0.444. The summed E-state index contributed by atoms with van der Waals surface area (Å²) >= 11 is 1.57. The fourth-order valence-corrected chi connectivity index (χ4v) is 2.10. The van der Waals surface area contributed by atoms with E-state index in [-0.39, 0.29) is 5.91 Å². The predicted molar refractivity (Wildman–Crippen MR) is 51.6 cm³/mol. The molecule has 2 heterocycles. The van der Waals surface area contributed by atoms with Gasteiger partial charge in [0.1, 0.15) is 0 Å². The number of aryl methyl sites for hydroxylation is 1. The Morgan fingerprint density at radius 2 is 2.17 bits per heavy atom. The maximum absolute atomic E-state index is 11.0. The zero-order chi connectivity index (χ0) is 9.14. The van der Waals surface area contributed by atoms with Crippen LogP contribution in [0.5, 0.6) is 0 Å². The highest BCUT2D eigenvalue weighted by Gasteiger charge is 2.20. The molecule has 0 spiro atoms. The van der Waals surface area contributed by atoms with Crippen molar-refractivity contribution >= 4 is 17.2 Å². The van der Waals surface area contributed by atoms with Crippen LogP contribution in [0.4, 0.5) is 0 Å². The molecule has 0 saturated carbocycles. The molecule has 1 aliphatic rings. The zero-order valence-electron chi connectivity index (χ0n) is 7.60. The minimum absolute atomic E-state index is 0.0908. The largest absolute Gasteiger partial charge is 0.347 e. The number of carbonyl (C=O) groups is 1. The van der Waals surface area contributed by atoms with Crippen molar-refractivity contribution < 1.29 is 4.79 Å². The highest BCUT2D eigenvalue weighted by molar-refractivity contribution is 7.14. The van der Waals surface area contributed by atoms with Gasteiger partial charge >= 0.3 is 0 Å². The maximum Gasteiger partial charge on any atom is 0.261 e. The summed E-state index contributed by atoms with van der Waals surface area (Å²) in [5.74, 6) is 0.0908. The minimum atomic E-state index is 0.0908. The SMILES string of the molecule is CC.Cc1cc2c(s1)C(=O)NC2. The average molecular weight is 183 g/mol. The predicted octanol–water partition coefficient (Wildman–Crippen LogP) is 2.33. The molecule has 66 valence electrons. The Morgan fingerprint density at radius 3 is 2.75 bits per heavy atom. The summed E-state index contributed by atoms with van der Waals surface area (Å²) in [7, 11) is 0. The van der Waals surface area contributed by atoms with Crippen LogP contribution in [0.1, 0.15) is 34.0 Å². The van der Waals surface area contributed by atoms with Crippen LogP contribution in [-0.2, 0) is 6.54 Å². The quantitative estimate of drug-likeness (QED) is 0.657. The van der Waals surface area contributed by atoms with Crippen LogP contribution in [0.3, 0.4) is 0 Å². The van der Waals surface area contributed by atoms with Crippen molar-refractivity contribution in [2.24, 2.45) is 0 Å². The molecule has 0 unspecified atom stereocenters. The number of amides is 1. The summed E-state index contributed by atoms with van der Waals surface area (Å²) in [6.07, 6.45) is 0. The van der Waals surface area contributed by atoms with Crippen LogP contribution < -0.4 is 5.32 Å². The minimum Gasteiger partial charge on any atom is -0.347 e. The number of nitrogens with one attached hydrogen (secondary N) is 1. The van der Waals surface area contributed by atoms with E-state index in [1.165, 1.54) is 4.88 Å². The molecule has 0 radical (unpaired) electrons. The summed E-state index contributed by atoms with van der Waals surface area (Å²) < 4.78 is 0. The lowest BCUT2D eigenvalue weighted by Gasteiger charge is -1.86. The molecule has 0 atom stereocenters. The van der Waals surface area contributed by atoms with E-state index in [1.807, 2.05) is 20.8 Å². The smallest absolute Gasteiger partial charge is 0.261 e. The summed E-state index contributed by atoms with van der Waals surface area (Å²) in [6, 6.07) is 2.07. The van der Waals surface area contributed by atoms with Gasteiger partial charge in [-0.1, -0.05) is 13.8 Å². The molecule has 2 nitrogen and oxygen atoms in total. The topological polar surface area (TPSA) is 29.1 Å². The Hall–Kier alpha value is -0.830. The van der Waals surface area contributed by atoms with Gasteiger partial charge in [0.2, 0.25) is 0 Å². The Bertz CT molecular complexity index is 291. The normalized spacial score (nSPS) is 13.1. The van der Waals surface area contributed by atoms with Crippen molar-refractivity contribution in [1.29, 1.82) is 0 Å². The first-order valence-electron chi connectivity index (χ1n) is 4.15. The van der Waals surface area contributed by atoms with Crippen LogP contribution in [0.25, 0.3) is 0 Å². The van der Waals surface area contributed by atoms with Gasteiger partial charge in [0.15, 0.2) is 0 Å². The lowest BCUT2D eigenvalue weighted by molar-refractivity contribution is 0.0969. The van der Waals surface area contributed by atoms with Crippen molar-refractivity contribution in [2.75, 3.05) is 0 Å². The first kappa shape index (κ1) is 9.26. The van der Waals surface area contributed by atoms with E-state index in [9.17, 15) is 4.79 Å². The van der Waals surface area contributed by atoms with Crippen LogP contribution in [-0.4, -0.2) is 5.91 Å². The van der Waals surface area contributed by atoms with Crippen molar-refractivity contribution in [1.82, 2.24) is 5.32 Å². The number of hydrogen-bond acceptors (Lipinski definition) is 2. The standard InChI is InChI=1S/C7H7NOS.C2H6/c1-4-2-5-3-8-7(9)6(5)10-4;1-2/h2H,3H2,1H3,(H,8,9);1-2H3. The molecular weight excluding hydrogens is 170 g/mol. The van der Waals surface area contributed by atoms with E-state index in [2.05, 4.69) is 11.4 Å². The fourth-order valence-electron chi connectivity index (χ4n) is 1.15. The molecule has 0 aliphatic carbocycles. The lowest BCUT2D eigenvalue weighted by Crippen LogP contribution is -2.12. The highest BCUT2D eigenvalue weighted by atomic mass is 32.1. The molecule has 1 amide bonds. The number of fused-ring (bicyclic) bond motifs is 1. The first-order valence-corrected chi connectivity index (χ1v) is 4.96. The lowest BCUT2D eigenvalue weighted by atomic mass is 10.3. The van der Waals surface area contributed by atoms with Gasteiger partial charge in [0.25, 0.3) is 5.91 Å². The van der Waals surface area contributed by atoms with Crippen LogP contribution in [0.15, 0.2) is 6.07 Å². The molecule has 1 N–H and O–H groups in total. The van der Waals surface area contributed by atoms with Crippen molar-refractivity contribution in [3.05, 3.63) is 21.4 Å². The van der Waals surface area contributed by atoms with Crippen molar-refractivity contribution in [3.8, 4) is 0 Å². The van der Waals surface area contributed by atoms with E-state index in [0.717, 1.165) is 17.0 Å². The molecule has 12 heavy (non-hydrogen) atoms. The molecule has 0 bridgehead atoms.